The molecule has 0 aromatic heterocycles. The molecule has 0 spiro atoms. The third-order valence-electron chi connectivity index (χ3n) is 7.48. The maximum Gasteiger partial charge on any atom is 0.416 e. The van der Waals surface area contributed by atoms with Crippen molar-refractivity contribution < 1.29 is 35.5 Å². The molecule has 1 heterocycles. The standard InChI is InChI=1S/C29H30F5N3O3S/c1-18(21-6-10-26(25(31)15-21)36(2)41(39)40)28(38)35-17-22-3-7-23(29(32,33)34)16-27(22)37-13-11-20(12-14-37)19-4-8-24(30)9-5-19/h3-10,15-16,18,20H,11-14,17H2,1-2H3,(H,35,38)(H,39,40). The molecule has 1 fully saturated rings. The van der Waals surface area contributed by atoms with Gasteiger partial charge in [-0.3, -0.25) is 13.7 Å². The second-order valence-electron chi connectivity index (χ2n) is 10.0. The van der Waals surface area contributed by atoms with E-state index in [1.165, 1.54) is 37.4 Å². The van der Waals surface area contributed by atoms with Crippen molar-refractivity contribution in [1.29, 1.82) is 0 Å². The molecule has 6 nitrogen and oxygen atoms in total. The van der Waals surface area contributed by atoms with Crippen LogP contribution in [0.2, 0.25) is 0 Å². The van der Waals surface area contributed by atoms with Gasteiger partial charge in [0.1, 0.15) is 11.6 Å². The monoisotopic (exact) mass is 595 g/mol. The van der Waals surface area contributed by atoms with Crippen molar-refractivity contribution in [3.8, 4) is 0 Å². The van der Waals surface area contributed by atoms with E-state index in [4.69, 9.17) is 0 Å². The van der Waals surface area contributed by atoms with E-state index < -0.39 is 40.6 Å². The molecule has 3 aromatic carbocycles. The largest absolute Gasteiger partial charge is 0.416 e. The summed E-state index contributed by atoms with van der Waals surface area (Å²) in [7, 11) is 1.25. The van der Waals surface area contributed by atoms with Crippen molar-refractivity contribution in [1.82, 2.24) is 5.32 Å². The quantitative estimate of drug-likeness (QED) is 0.235. The van der Waals surface area contributed by atoms with Gasteiger partial charge >= 0.3 is 6.18 Å². The number of carbonyl (C=O) groups excluding carboxylic acids is 1. The molecule has 2 unspecified atom stereocenters. The minimum absolute atomic E-state index is 0.0403. The van der Waals surface area contributed by atoms with Crippen LogP contribution in [0.4, 0.5) is 33.3 Å². The highest BCUT2D eigenvalue weighted by atomic mass is 32.2. The van der Waals surface area contributed by atoms with E-state index in [1.807, 2.05) is 4.90 Å². The Kier molecular flexibility index (Phi) is 9.33. The van der Waals surface area contributed by atoms with E-state index in [0.717, 1.165) is 28.1 Å². The fourth-order valence-corrected chi connectivity index (χ4v) is 5.31. The lowest BCUT2D eigenvalue weighted by Gasteiger charge is -2.35. The van der Waals surface area contributed by atoms with Gasteiger partial charge in [-0.1, -0.05) is 24.3 Å². The average Bonchev–Trinajstić information content (AvgIpc) is 2.95. The number of alkyl halides is 3. The van der Waals surface area contributed by atoms with Crippen molar-refractivity contribution >= 4 is 28.5 Å². The van der Waals surface area contributed by atoms with Crippen molar-refractivity contribution in [2.45, 2.75) is 44.3 Å². The Morgan fingerprint density at radius 2 is 1.73 bits per heavy atom. The van der Waals surface area contributed by atoms with Crippen LogP contribution in [-0.2, 0) is 28.8 Å². The van der Waals surface area contributed by atoms with E-state index in [2.05, 4.69) is 5.32 Å². The third kappa shape index (κ3) is 7.23. The number of anilines is 2. The Morgan fingerprint density at radius 3 is 2.32 bits per heavy atom. The van der Waals surface area contributed by atoms with Gasteiger partial charge in [0, 0.05) is 32.4 Å². The lowest BCUT2D eigenvalue weighted by molar-refractivity contribution is -0.137. The van der Waals surface area contributed by atoms with E-state index in [9.17, 15) is 35.5 Å². The molecule has 4 rings (SSSR count). The summed E-state index contributed by atoms with van der Waals surface area (Å²) in [6.07, 6.45) is -3.19. The van der Waals surface area contributed by atoms with Gasteiger partial charge in [0.05, 0.1) is 17.2 Å². The molecule has 0 bridgehead atoms. The minimum Gasteiger partial charge on any atom is -0.371 e. The number of hydrogen-bond donors (Lipinski definition) is 2. The minimum atomic E-state index is -4.54. The summed E-state index contributed by atoms with van der Waals surface area (Å²) in [5, 5.41) is 2.75. The Morgan fingerprint density at radius 1 is 1.07 bits per heavy atom. The molecular formula is C29H30F5N3O3S. The van der Waals surface area contributed by atoms with Crippen LogP contribution in [0.1, 0.15) is 53.9 Å². The molecular weight excluding hydrogens is 565 g/mol. The Labute approximate surface area is 237 Å². The second-order valence-corrected chi connectivity index (χ2v) is 11.0. The van der Waals surface area contributed by atoms with Crippen LogP contribution < -0.4 is 14.5 Å². The molecule has 1 saturated heterocycles. The van der Waals surface area contributed by atoms with Crippen LogP contribution in [0.3, 0.4) is 0 Å². The fraction of sp³-hybridized carbons (Fsp3) is 0.345. The SMILES string of the molecule is CC(C(=O)NCc1ccc(C(F)(F)F)cc1N1CCC(c2ccc(F)cc2)CC1)c1ccc(N(C)S(=O)O)c(F)c1. The Hall–Kier alpha value is -3.51. The van der Waals surface area contributed by atoms with Crippen LogP contribution in [0.15, 0.2) is 60.7 Å². The maximum atomic E-state index is 14.5. The van der Waals surface area contributed by atoms with Crippen LogP contribution in [0.5, 0.6) is 0 Å². The normalized spacial score (nSPS) is 15.9. The summed E-state index contributed by atoms with van der Waals surface area (Å²) in [4.78, 5) is 14.8. The number of nitrogens with one attached hydrogen (secondary N) is 1. The number of piperidine rings is 1. The Bertz CT molecular complexity index is 1410. The van der Waals surface area contributed by atoms with E-state index in [1.54, 1.807) is 19.1 Å². The zero-order valence-corrected chi connectivity index (χ0v) is 23.2. The predicted molar refractivity (Wildman–Crippen MR) is 148 cm³/mol. The zero-order chi connectivity index (χ0) is 29.9. The number of hydrogen-bond acceptors (Lipinski definition) is 3. The molecule has 1 aliphatic heterocycles. The molecule has 3 aromatic rings. The summed E-state index contributed by atoms with van der Waals surface area (Å²) in [6, 6.07) is 13.6. The predicted octanol–water partition coefficient (Wildman–Crippen LogP) is 6.36. The fourth-order valence-electron chi connectivity index (χ4n) is 4.99. The van der Waals surface area contributed by atoms with Gasteiger partial charge in [-0.2, -0.15) is 13.2 Å². The van der Waals surface area contributed by atoms with Crippen LogP contribution in [0, 0.1) is 11.6 Å². The molecule has 1 aliphatic rings. The molecule has 220 valence electrons. The summed E-state index contributed by atoms with van der Waals surface area (Å²) in [5.74, 6) is -2.21. The molecule has 41 heavy (non-hydrogen) atoms. The van der Waals surface area contributed by atoms with Crippen LogP contribution in [-0.4, -0.2) is 34.8 Å². The highest BCUT2D eigenvalue weighted by molar-refractivity contribution is 7.80. The van der Waals surface area contributed by atoms with Gasteiger partial charge in [-0.25, -0.2) is 13.0 Å². The van der Waals surface area contributed by atoms with E-state index in [0.29, 0.717) is 42.7 Å². The lowest BCUT2D eigenvalue weighted by atomic mass is 9.89. The number of halogens is 5. The van der Waals surface area contributed by atoms with Gasteiger partial charge < -0.3 is 10.2 Å². The topological polar surface area (TPSA) is 72.9 Å². The number of carbonyl (C=O) groups is 1. The molecule has 12 heteroatoms. The highest BCUT2D eigenvalue weighted by Gasteiger charge is 2.32. The number of rotatable bonds is 8. The summed E-state index contributed by atoms with van der Waals surface area (Å²) < 4.78 is 89.8. The van der Waals surface area contributed by atoms with Gasteiger partial charge in [0.25, 0.3) is 11.3 Å². The van der Waals surface area contributed by atoms with Crippen molar-refractivity contribution in [3.05, 3.63) is 94.6 Å². The van der Waals surface area contributed by atoms with Crippen molar-refractivity contribution in [3.63, 3.8) is 0 Å². The van der Waals surface area contributed by atoms with Gasteiger partial charge in [0.2, 0.25) is 5.91 Å². The van der Waals surface area contributed by atoms with Crippen LogP contribution >= 0.6 is 0 Å². The van der Waals surface area contributed by atoms with Gasteiger partial charge in [-0.15, -0.1) is 0 Å². The summed E-state index contributed by atoms with van der Waals surface area (Å²) in [5.41, 5.74) is 1.29. The Balaban J connectivity index is 1.48. The first-order valence-electron chi connectivity index (χ1n) is 13.0. The average molecular weight is 596 g/mol. The molecule has 0 radical (unpaired) electrons. The first-order valence-corrected chi connectivity index (χ1v) is 14.0. The summed E-state index contributed by atoms with van der Waals surface area (Å²) >= 11 is -2.42. The molecule has 2 atom stereocenters. The third-order valence-corrected chi connectivity index (χ3v) is 8.15. The van der Waals surface area contributed by atoms with Gasteiger partial charge in [0.15, 0.2) is 0 Å². The number of amides is 1. The molecule has 0 aliphatic carbocycles. The molecule has 0 saturated carbocycles. The number of nitrogens with zero attached hydrogens (tertiary/aromatic N) is 2. The van der Waals surface area contributed by atoms with Crippen molar-refractivity contribution in [2.75, 3.05) is 29.3 Å². The first-order chi connectivity index (χ1) is 19.3. The zero-order valence-electron chi connectivity index (χ0n) is 22.4. The van der Waals surface area contributed by atoms with Crippen molar-refractivity contribution in [2.24, 2.45) is 0 Å². The van der Waals surface area contributed by atoms with E-state index in [-0.39, 0.29) is 24.0 Å². The number of benzene rings is 3. The van der Waals surface area contributed by atoms with Crippen LogP contribution in [0.25, 0.3) is 0 Å². The highest BCUT2D eigenvalue weighted by Crippen LogP contribution is 2.37. The maximum absolute atomic E-state index is 14.5. The lowest BCUT2D eigenvalue weighted by Crippen LogP contribution is -2.35. The van der Waals surface area contributed by atoms with Gasteiger partial charge in [-0.05, 0) is 78.8 Å². The molecule has 2 N–H and O–H groups in total. The van der Waals surface area contributed by atoms with E-state index >= 15 is 0 Å². The first kappa shape index (κ1) is 30.4. The summed E-state index contributed by atoms with van der Waals surface area (Å²) in [6.45, 7) is 2.49. The molecule has 1 amide bonds. The smallest absolute Gasteiger partial charge is 0.371 e. The second kappa shape index (κ2) is 12.6.